The first-order chi connectivity index (χ1) is 14.7. The molecule has 0 fully saturated rings. The Labute approximate surface area is 187 Å². The van der Waals surface area contributed by atoms with Gasteiger partial charge >= 0.3 is 5.97 Å². The third-order valence-electron chi connectivity index (χ3n) is 4.80. The minimum Gasteiger partial charge on any atom is -0.464 e. The molecule has 0 bridgehead atoms. The van der Waals surface area contributed by atoms with E-state index in [4.69, 9.17) is 10.5 Å². The van der Waals surface area contributed by atoms with E-state index in [0.717, 1.165) is 16.5 Å². The Bertz CT molecular complexity index is 906. The second-order valence-electron chi connectivity index (χ2n) is 7.91. The van der Waals surface area contributed by atoms with Gasteiger partial charge < -0.3 is 26.1 Å². The average Bonchev–Trinajstić information content (AvgIpc) is 3.12. The molecule has 0 aliphatic carbocycles. The number of H-pyrrole nitrogens is 1. The van der Waals surface area contributed by atoms with Gasteiger partial charge in [0.1, 0.15) is 12.1 Å². The Morgan fingerprint density at radius 2 is 1.90 bits per heavy atom. The van der Waals surface area contributed by atoms with Crippen molar-refractivity contribution in [2.45, 2.75) is 51.2 Å². The first-order valence-corrected chi connectivity index (χ1v) is 11.7. The molecule has 5 N–H and O–H groups in total. The van der Waals surface area contributed by atoms with Crippen LogP contribution in [0, 0.1) is 0 Å². The number of ether oxygens (including phenoxy) is 1. The van der Waals surface area contributed by atoms with Gasteiger partial charge in [0.05, 0.1) is 12.1 Å². The molecular formula is C22H32N4O4S. The van der Waals surface area contributed by atoms with E-state index in [1.807, 2.05) is 36.7 Å². The molecule has 1 aromatic carbocycles. The summed E-state index contributed by atoms with van der Waals surface area (Å²) in [5.41, 5.74) is 6.58. The molecule has 1 heterocycles. The Hall–Kier alpha value is -2.52. The standard InChI is InChI=1S/C22H32N4O4S/c1-5-30-20(28)17(10-11-31-4)25-19(27)18(26-21(29)22(2,3)23)12-14-13-24-16-9-7-6-8-15(14)16/h6-9,13,17-18,24H,5,10-12,23H2,1-4H3,(H,25,27)(H,26,29)/t17-,18?/m0/s1. The van der Waals surface area contributed by atoms with E-state index >= 15 is 0 Å². The molecule has 170 valence electrons. The number of esters is 1. The van der Waals surface area contributed by atoms with Gasteiger partial charge in [-0.15, -0.1) is 0 Å². The summed E-state index contributed by atoms with van der Waals surface area (Å²) >= 11 is 1.57. The summed E-state index contributed by atoms with van der Waals surface area (Å²) in [5, 5.41) is 6.47. The number of aromatic amines is 1. The van der Waals surface area contributed by atoms with Crippen LogP contribution in [-0.2, 0) is 25.5 Å². The molecule has 1 aromatic heterocycles. The fraction of sp³-hybridized carbons (Fsp3) is 0.500. The lowest BCUT2D eigenvalue weighted by Gasteiger charge is -2.25. The summed E-state index contributed by atoms with van der Waals surface area (Å²) in [6.07, 6.45) is 4.42. The Morgan fingerprint density at radius 1 is 1.19 bits per heavy atom. The summed E-state index contributed by atoms with van der Waals surface area (Å²) in [7, 11) is 0. The highest BCUT2D eigenvalue weighted by Crippen LogP contribution is 2.19. The fourth-order valence-electron chi connectivity index (χ4n) is 3.07. The zero-order chi connectivity index (χ0) is 23.0. The number of nitrogens with two attached hydrogens (primary N) is 1. The van der Waals surface area contributed by atoms with Gasteiger partial charge in [-0.2, -0.15) is 11.8 Å². The maximum absolute atomic E-state index is 13.2. The van der Waals surface area contributed by atoms with Gasteiger partial charge in [0, 0.05) is 23.5 Å². The van der Waals surface area contributed by atoms with Crippen LogP contribution in [0.2, 0.25) is 0 Å². The van der Waals surface area contributed by atoms with Gasteiger partial charge in [-0.3, -0.25) is 9.59 Å². The van der Waals surface area contributed by atoms with Crippen molar-refractivity contribution < 1.29 is 19.1 Å². The van der Waals surface area contributed by atoms with Crippen molar-refractivity contribution in [3.63, 3.8) is 0 Å². The van der Waals surface area contributed by atoms with Gasteiger partial charge in [-0.05, 0) is 50.8 Å². The minimum atomic E-state index is -1.15. The van der Waals surface area contributed by atoms with E-state index in [-0.39, 0.29) is 13.0 Å². The number of nitrogens with one attached hydrogen (secondary N) is 3. The lowest BCUT2D eigenvalue weighted by Crippen LogP contribution is -2.58. The quantitative estimate of drug-likeness (QED) is 0.388. The highest BCUT2D eigenvalue weighted by atomic mass is 32.2. The maximum atomic E-state index is 13.2. The summed E-state index contributed by atoms with van der Waals surface area (Å²) in [4.78, 5) is 41.2. The van der Waals surface area contributed by atoms with Crippen LogP contribution in [0.15, 0.2) is 30.5 Å². The molecule has 2 atom stereocenters. The monoisotopic (exact) mass is 448 g/mol. The van der Waals surface area contributed by atoms with Crippen molar-refractivity contribution in [2.24, 2.45) is 5.73 Å². The summed E-state index contributed by atoms with van der Waals surface area (Å²) in [6.45, 7) is 5.09. The van der Waals surface area contributed by atoms with Crippen molar-refractivity contribution in [3.8, 4) is 0 Å². The molecule has 0 aliphatic heterocycles. The van der Waals surface area contributed by atoms with Crippen LogP contribution in [0.5, 0.6) is 0 Å². The number of fused-ring (bicyclic) bond motifs is 1. The Morgan fingerprint density at radius 3 is 2.55 bits per heavy atom. The SMILES string of the molecule is CCOC(=O)[C@H](CCSC)NC(=O)C(Cc1c[nH]c2ccccc12)NC(=O)C(C)(C)N. The third kappa shape index (κ3) is 7.00. The highest BCUT2D eigenvalue weighted by molar-refractivity contribution is 7.98. The molecule has 0 aliphatic rings. The second-order valence-corrected chi connectivity index (χ2v) is 8.89. The summed E-state index contributed by atoms with van der Waals surface area (Å²) in [5.74, 6) is -0.716. The molecule has 0 saturated carbocycles. The molecule has 2 aromatic rings. The van der Waals surface area contributed by atoms with E-state index in [9.17, 15) is 14.4 Å². The molecule has 2 rings (SSSR count). The topological polar surface area (TPSA) is 126 Å². The van der Waals surface area contributed by atoms with Crippen LogP contribution >= 0.6 is 11.8 Å². The van der Waals surface area contributed by atoms with Crippen LogP contribution in [0.25, 0.3) is 10.9 Å². The first kappa shape index (κ1) is 24.7. The van der Waals surface area contributed by atoms with Crippen molar-refractivity contribution in [2.75, 3.05) is 18.6 Å². The zero-order valence-corrected chi connectivity index (χ0v) is 19.3. The second kappa shape index (κ2) is 11.2. The van der Waals surface area contributed by atoms with E-state index in [1.54, 1.807) is 32.5 Å². The number of carbonyl (C=O) groups is 3. The largest absolute Gasteiger partial charge is 0.464 e. The van der Waals surface area contributed by atoms with E-state index in [0.29, 0.717) is 12.2 Å². The molecule has 0 saturated heterocycles. The maximum Gasteiger partial charge on any atom is 0.328 e. The van der Waals surface area contributed by atoms with Crippen molar-refractivity contribution in [1.29, 1.82) is 0 Å². The fourth-order valence-corrected chi connectivity index (χ4v) is 3.55. The molecule has 31 heavy (non-hydrogen) atoms. The van der Waals surface area contributed by atoms with Crippen LogP contribution in [0.1, 0.15) is 32.8 Å². The molecule has 0 spiro atoms. The number of aromatic nitrogens is 1. The third-order valence-corrected chi connectivity index (χ3v) is 5.45. The minimum absolute atomic E-state index is 0.224. The molecule has 8 nitrogen and oxygen atoms in total. The van der Waals surface area contributed by atoms with Crippen LogP contribution in [0.4, 0.5) is 0 Å². The predicted molar refractivity (Wildman–Crippen MR) is 124 cm³/mol. The van der Waals surface area contributed by atoms with Crippen LogP contribution in [-0.4, -0.2) is 59.0 Å². The number of carbonyl (C=O) groups excluding carboxylic acids is 3. The molecule has 1 unspecified atom stereocenters. The van der Waals surface area contributed by atoms with Crippen molar-refractivity contribution in [1.82, 2.24) is 15.6 Å². The van der Waals surface area contributed by atoms with Crippen molar-refractivity contribution >= 4 is 40.4 Å². The summed E-state index contributed by atoms with van der Waals surface area (Å²) < 4.78 is 5.11. The number of hydrogen-bond donors (Lipinski definition) is 4. The van der Waals surface area contributed by atoms with Crippen molar-refractivity contribution in [3.05, 3.63) is 36.0 Å². The number of hydrogen-bond acceptors (Lipinski definition) is 6. The predicted octanol–water partition coefficient (Wildman–Crippen LogP) is 1.73. The summed E-state index contributed by atoms with van der Waals surface area (Å²) in [6, 6.07) is 6.03. The molecule has 2 amide bonds. The number of amides is 2. The Balaban J connectivity index is 2.26. The number of para-hydroxylation sites is 1. The van der Waals surface area contributed by atoms with Gasteiger partial charge in [0.15, 0.2) is 0 Å². The smallest absolute Gasteiger partial charge is 0.328 e. The Kier molecular flexibility index (Phi) is 8.94. The normalized spacial score (nSPS) is 13.5. The van der Waals surface area contributed by atoms with E-state index in [2.05, 4.69) is 15.6 Å². The average molecular weight is 449 g/mol. The lowest BCUT2D eigenvalue weighted by molar-refractivity contribution is -0.147. The number of rotatable bonds is 11. The molecular weight excluding hydrogens is 416 g/mol. The molecule has 9 heteroatoms. The van der Waals surface area contributed by atoms with Gasteiger partial charge in [-0.1, -0.05) is 18.2 Å². The first-order valence-electron chi connectivity index (χ1n) is 10.3. The van der Waals surface area contributed by atoms with E-state index < -0.39 is 35.4 Å². The van der Waals surface area contributed by atoms with E-state index in [1.165, 1.54) is 0 Å². The highest BCUT2D eigenvalue weighted by Gasteiger charge is 2.31. The number of thioether (sulfide) groups is 1. The van der Waals surface area contributed by atoms with Crippen LogP contribution in [0.3, 0.4) is 0 Å². The zero-order valence-electron chi connectivity index (χ0n) is 18.5. The molecule has 0 radical (unpaired) electrons. The van der Waals surface area contributed by atoms with Gasteiger partial charge in [0.2, 0.25) is 11.8 Å². The lowest BCUT2D eigenvalue weighted by atomic mass is 10.0. The van der Waals surface area contributed by atoms with Crippen LogP contribution < -0.4 is 16.4 Å². The van der Waals surface area contributed by atoms with Gasteiger partial charge in [0.25, 0.3) is 0 Å². The van der Waals surface area contributed by atoms with Gasteiger partial charge in [-0.25, -0.2) is 4.79 Å². The number of benzene rings is 1.